The molecule has 1 saturated carbocycles. The molecule has 4 nitrogen and oxygen atoms in total. The maximum atomic E-state index is 12.7. The first-order valence-electron chi connectivity index (χ1n) is 8.75. The van der Waals surface area contributed by atoms with E-state index in [0.29, 0.717) is 16.4 Å². The van der Waals surface area contributed by atoms with Crippen molar-refractivity contribution in [1.82, 2.24) is 0 Å². The monoisotopic (exact) mass is 369 g/mol. The van der Waals surface area contributed by atoms with E-state index in [0.717, 1.165) is 16.8 Å². The zero-order valence-corrected chi connectivity index (χ0v) is 15.7. The van der Waals surface area contributed by atoms with E-state index in [9.17, 15) is 9.00 Å². The van der Waals surface area contributed by atoms with Gasteiger partial charge in [-0.3, -0.25) is 0 Å². The number of carbonyl (C=O) groups is 1. The van der Waals surface area contributed by atoms with Crippen molar-refractivity contribution in [2.24, 2.45) is 5.92 Å². The first-order valence-corrected chi connectivity index (χ1v) is 9.90. The predicted octanol–water partition coefficient (Wildman–Crippen LogP) is 4.81. The molecule has 0 amide bonds. The molecule has 2 aromatic carbocycles. The summed E-state index contributed by atoms with van der Waals surface area (Å²) in [4.78, 5) is 12.1. The second-order valence-electron chi connectivity index (χ2n) is 6.44. The number of rotatable bonds is 6. The van der Waals surface area contributed by atoms with Crippen LogP contribution in [0.15, 0.2) is 60.0 Å². The molecular weight excluding hydrogens is 346 g/mol. The fraction of sp³-hybridized carbons (Fsp3) is 0.286. The van der Waals surface area contributed by atoms with Crippen molar-refractivity contribution in [3.63, 3.8) is 0 Å². The Balaban J connectivity index is 1.77. The number of allylic oxidation sites excluding steroid dienone is 1. The lowest BCUT2D eigenvalue weighted by atomic mass is 9.92. The summed E-state index contributed by atoms with van der Waals surface area (Å²) < 4.78 is 20.5. The minimum absolute atomic E-state index is 0.409. The van der Waals surface area contributed by atoms with Gasteiger partial charge in [0.2, 0.25) is 0 Å². The van der Waals surface area contributed by atoms with E-state index < -0.39 is 17.0 Å². The Kier molecular flexibility index (Phi) is 5.89. The Morgan fingerprint density at radius 2 is 1.77 bits per heavy atom. The topological polar surface area (TPSA) is 55.4 Å². The number of carbonyl (C=O) groups excluding carboxylic acids is 1. The third-order valence-corrected chi connectivity index (χ3v) is 5.92. The minimum Gasteiger partial charge on any atom is -0.465 e. The molecule has 0 aliphatic heterocycles. The normalized spacial score (nSPS) is 15.4. The van der Waals surface area contributed by atoms with Crippen LogP contribution >= 0.6 is 0 Å². The standard InChI is InChI=1S/C21H23NO3S/c1-15(16-7-3-4-8-16)19-9-5-6-10-20(19)22-26(24)18-13-11-17(12-14-18)21(23)25-2/h5-6,9-14,16,22H,1,3-4,7-8H2,2H3. The number of esters is 1. The molecule has 0 bridgehead atoms. The molecule has 0 aromatic heterocycles. The SMILES string of the molecule is C=C(c1ccccc1NS(=O)c1ccc(C(=O)OC)cc1)C1CCCC1. The largest absolute Gasteiger partial charge is 0.465 e. The van der Waals surface area contributed by atoms with E-state index in [1.165, 1.54) is 32.8 Å². The number of hydrogen-bond acceptors (Lipinski definition) is 3. The highest BCUT2D eigenvalue weighted by atomic mass is 32.2. The summed E-state index contributed by atoms with van der Waals surface area (Å²) in [6.07, 6.45) is 4.84. The molecule has 1 fully saturated rings. The number of methoxy groups -OCH3 is 1. The van der Waals surface area contributed by atoms with Crippen molar-refractivity contribution in [2.45, 2.75) is 30.6 Å². The maximum absolute atomic E-state index is 12.7. The van der Waals surface area contributed by atoms with Gasteiger partial charge in [0.25, 0.3) is 0 Å². The van der Waals surface area contributed by atoms with Gasteiger partial charge in [0.05, 0.1) is 23.3 Å². The highest BCUT2D eigenvalue weighted by molar-refractivity contribution is 7.86. The Hall–Kier alpha value is -2.40. The second kappa shape index (κ2) is 8.32. The van der Waals surface area contributed by atoms with E-state index in [2.05, 4.69) is 16.0 Å². The molecule has 0 spiro atoms. The molecule has 0 heterocycles. The maximum Gasteiger partial charge on any atom is 0.337 e. The van der Waals surface area contributed by atoms with Crippen molar-refractivity contribution in [3.8, 4) is 0 Å². The zero-order chi connectivity index (χ0) is 18.5. The van der Waals surface area contributed by atoms with Crippen LogP contribution in [0.5, 0.6) is 0 Å². The van der Waals surface area contributed by atoms with Gasteiger partial charge in [-0.25, -0.2) is 9.00 Å². The summed E-state index contributed by atoms with van der Waals surface area (Å²) in [6.45, 7) is 4.30. The first-order chi connectivity index (χ1) is 12.6. The van der Waals surface area contributed by atoms with Gasteiger partial charge in [-0.15, -0.1) is 0 Å². The van der Waals surface area contributed by atoms with Crippen molar-refractivity contribution >= 4 is 28.2 Å². The third kappa shape index (κ3) is 4.05. The molecular formula is C21H23NO3S. The summed E-state index contributed by atoms with van der Waals surface area (Å²) in [5.74, 6) is 0.0965. The lowest BCUT2D eigenvalue weighted by Crippen LogP contribution is -2.09. The molecule has 0 radical (unpaired) electrons. The lowest BCUT2D eigenvalue weighted by molar-refractivity contribution is 0.0600. The van der Waals surface area contributed by atoms with Gasteiger partial charge >= 0.3 is 5.97 Å². The molecule has 2 aromatic rings. The van der Waals surface area contributed by atoms with Crippen LogP contribution in [0.1, 0.15) is 41.6 Å². The Bertz CT molecular complexity index is 823. The van der Waals surface area contributed by atoms with E-state index >= 15 is 0 Å². The van der Waals surface area contributed by atoms with E-state index in [4.69, 9.17) is 0 Å². The smallest absolute Gasteiger partial charge is 0.337 e. The van der Waals surface area contributed by atoms with Gasteiger partial charge in [0.15, 0.2) is 0 Å². The van der Waals surface area contributed by atoms with Crippen molar-refractivity contribution < 1.29 is 13.7 Å². The van der Waals surface area contributed by atoms with Gasteiger partial charge in [-0.2, -0.15) is 0 Å². The van der Waals surface area contributed by atoms with Crippen LogP contribution in [0.25, 0.3) is 5.57 Å². The van der Waals surface area contributed by atoms with Gasteiger partial charge < -0.3 is 9.46 Å². The average Bonchev–Trinajstić information content (AvgIpc) is 3.22. The summed E-state index contributed by atoms with van der Waals surface area (Å²) in [6, 6.07) is 14.4. The Labute approximate surface area is 156 Å². The molecule has 1 atom stereocenters. The van der Waals surface area contributed by atoms with E-state index in [1.54, 1.807) is 24.3 Å². The minimum atomic E-state index is -1.43. The molecule has 136 valence electrons. The fourth-order valence-electron chi connectivity index (χ4n) is 3.34. The summed E-state index contributed by atoms with van der Waals surface area (Å²) in [7, 11) is -0.0920. The van der Waals surface area contributed by atoms with Crippen LogP contribution in [0.3, 0.4) is 0 Å². The highest BCUT2D eigenvalue weighted by Gasteiger charge is 2.21. The van der Waals surface area contributed by atoms with E-state index in [1.807, 2.05) is 24.3 Å². The first kappa shape index (κ1) is 18.4. The summed E-state index contributed by atoms with van der Waals surface area (Å²) >= 11 is 0. The van der Waals surface area contributed by atoms with Crippen LogP contribution in [-0.2, 0) is 15.7 Å². The van der Waals surface area contributed by atoms with Crippen LogP contribution in [-0.4, -0.2) is 17.3 Å². The predicted molar refractivity (Wildman–Crippen MR) is 105 cm³/mol. The second-order valence-corrected chi connectivity index (χ2v) is 7.65. The quantitative estimate of drug-likeness (QED) is 0.743. The number of ether oxygens (including phenoxy) is 1. The van der Waals surface area contributed by atoms with Crippen LogP contribution in [0, 0.1) is 5.92 Å². The van der Waals surface area contributed by atoms with Gasteiger partial charge in [0, 0.05) is 5.56 Å². The van der Waals surface area contributed by atoms with Crippen LogP contribution in [0.2, 0.25) is 0 Å². The molecule has 5 heteroatoms. The molecule has 3 rings (SSSR count). The lowest BCUT2D eigenvalue weighted by Gasteiger charge is -2.18. The Morgan fingerprint density at radius 3 is 2.42 bits per heavy atom. The number of para-hydroxylation sites is 1. The van der Waals surface area contributed by atoms with Gasteiger partial charge in [-0.05, 0) is 54.7 Å². The van der Waals surface area contributed by atoms with Crippen molar-refractivity contribution in [1.29, 1.82) is 0 Å². The summed E-state index contributed by atoms with van der Waals surface area (Å²) in [5, 5.41) is 0. The van der Waals surface area contributed by atoms with Crippen molar-refractivity contribution in [3.05, 3.63) is 66.2 Å². The Morgan fingerprint density at radius 1 is 1.12 bits per heavy atom. The number of anilines is 1. The number of nitrogens with one attached hydrogen (secondary N) is 1. The van der Waals surface area contributed by atoms with Crippen LogP contribution < -0.4 is 4.72 Å². The van der Waals surface area contributed by atoms with Crippen molar-refractivity contribution in [2.75, 3.05) is 11.8 Å². The molecule has 1 unspecified atom stereocenters. The van der Waals surface area contributed by atoms with Gasteiger partial charge in [0.1, 0.15) is 11.0 Å². The highest BCUT2D eigenvalue weighted by Crippen LogP contribution is 2.38. The average molecular weight is 369 g/mol. The summed E-state index contributed by atoms with van der Waals surface area (Å²) in [5.41, 5.74) is 3.39. The molecule has 0 saturated heterocycles. The third-order valence-electron chi connectivity index (χ3n) is 4.81. The zero-order valence-electron chi connectivity index (χ0n) is 14.9. The molecule has 26 heavy (non-hydrogen) atoms. The fourth-order valence-corrected chi connectivity index (χ4v) is 4.22. The van der Waals surface area contributed by atoms with Gasteiger partial charge in [-0.1, -0.05) is 37.6 Å². The molecule has 1 N–H and O–H groups in total. The van der Waals surface area contributed by atoms with Crippen LogP contribution in [0.4, 0.5) is 5.69 Å². The number of hydrogen-bond donors (Lipinski definition) is 1. The number of benzene rings is 2. The molecule has 1 aliphatic carbocycles. The van der Waals surface area contributed by atoms with E-state index in [-0.39, 0.29) is 0 Å². The molecule has 1 aliphatic rings.